The largest absolute Gasteiger partial charge is 0.492 e. The lowest BCUT2D eigenvalue weighted by molar-refractivity contribution is 0.102. The van der Waals surface area contributed by atoms with Crippen molar-refractivity contribution < 1.29 is 19.0 Å². The van der Waals surface area contributed by atoms with E-state index in [1.54, 1.807) is 30.5 Å². The molecule has 0 fully saturated rings. The topological polar surface area (TPSA) is 57.7 Å². The van der Waals surface area contributed by atoms with Gasteiger partial charge in [0.1, 0.15) is 19.0 Å². The van der Waals surface area contributed by atoms with Gasteiger partial charge in [0.25, 0.3) is 0 Å². The number of hydrogen-bond donors (Lipinski definition) is 0. The first-order chi connectivity index (χ1) is 10.3. The van der Waals surface area contributed by atoms with Crippen LogP contribution in [0.2, 0.25) is 0 Å². The van der Waals surface area contributed by atoms with Crippen molar-refractivity contribution in [3.63, 3.8) is 0 Å². The first-order valence-electron chi connectivity index (χ1n) is 6.80. The molecule has 108 valence electrons. The van der Waals surface area contributed by atoms with Crippen LogP contribution in [0.15, 0.2) is 36.7 Å². The van der Waals surface area contributed by atoms with E-state index in [4.69, 9.17) is 14.2 Å². The van der Waals surface area contributed by atoms with Crippen molar-refractivity contribution in [1.82, 2.24) is 4.98 Å². The maximum absolute atomic E-state index is 12.6. The summed E-state index contributed by atoms with van der Waals surface area (Å²) in [5.74, 6) is 1.51. The van der Waals surface area contributed by atoms with E-state index in [0.717, 1.165) is 0 Å². The molecule has 0 aliphatic carbocycles. The number of ketones is 1. The molecule has 2 aromatic rings. The molecule has 2 heterocycles. The quantitative estimate of drug-likeness (QED) is 0.808. The molecule has 1 aliphatic rings. The molecule has 0 saturated carbocycles. The maximum Gasteiger partial charge on any atom is 0.198 e. The molecule has 1 aromatic heterocycles. The van der Waals surface area contributed by atoms with Gasteiger partial charge in [-0.3, -0.25) is 9.78 Å². The van der Waals surface area contributed by atoms with E-state index in [1.165, 1.54) is 6.20 Å². The van der Waals surface area contributed by atoms with Gasteiger partial charge in [-0.25, -0.2) is 0 Å². The molecule has 0 bridgehead atoms. The van der Waals surface area contributed by atoms with Crippen LogP contribution in [0.3, 0.4) is 0 Å². The fourth-order valence-corrected chi connectivity index (χ4v) is 2.20. The Hall–Kier alpha value is -2.56. The number of para-hydroxylation sites is 1. The second-order valence-electron chi connectivity index (χ2n) is 4.50. The molecule has 0 atom stereocenters. The van der Waals surface area contributed by atoms with Crippen LogP contribution in [0, 0.1) is 0 Å². The average Bonchev–Trinajstić information content (AvgIpc) is 2.54. The minimum absolute atomic E-state index is 0.161. The molecule has 1 aromatic carbocycles. The Morgan fingerprint density at radius 1 is 1.29 bits per heavy atom. The van der Waals surface area contributed by atoms with Crippen molar-refractivity contribution in [3.8, 4) is 17.2 Å². The van der Waals surface area contributed by atoms with Gasteiger partial charge in [-0.05, 0) is 25.1 Å². The van der Waals surface area contributed by atoms with E-state index in [-0.39, 0.29) is 5.78 Å². The Bertz CT molecular complexity index is 669. The van der Waals surface area contributed by atoms with E-state index < -0.39 is 0 Å². The summed E-state index contributed by atoms with van der Waals surface area (Å²) in [7, 11) is 0. The van der Waals surface area contributed by atoms with Crippen molar-refractivity contribution in [2.75, 3.05) is 19.8 Å². The third kappa shape index (κ3) is 2.67. The molecule has 1 aliphatic heterocycles. The summed E-state index contributed by atoms with van der Waals surface area (Å²) in [6, 6.07) is 6.98. The monoisotopic (exact) mass is 285 g/mol. The van der Waals surface area contributed by atoms with Crippen LogP contribution in [-0.4, -0.2) is 30.6 Å². The smallest absolute Gasteiger partial charge is 0.198 e. The summed E-state index contributed by atoms with van der Waals surface area (Å²) in [6.45, 7) is 3.34. The number of hydrogen-bond acceptors (Lipinski definition) is 5. The lowest BCUT2D eigenvalue weighted by Crippen LogP contribution is -2.18. The highest BCUT2D eigenvalue weighted by molar-refractivity contribution is 6.11. The summed E-state index contributed by atoms with van der Waals surface area (Å²) >= 11 is 0. The van der Waals surface area contributed by atoms with Gasteiger partial charge in [0.05, 0.1) is 18.4 Å². The normalized spacial score (nSPS) is 12.8. The van der Waals surface area contributed by atoms with Crippen molar-refractivity contribution in [2.24, 2.45) is 0 Å². The second-order valence-corrected chi connectivity index (χ2v) is 4.50. The lowest BCUT2D eigenvalue weighted by atomic mass is 10.0. The molecule has 3 rings (SSSR count). The molecule has 5 heteroatoms. The number of pyridine rings is 1. The van der Waals surface area contributed by atoms with Crippen LogP contribution in [0.5, 0.6) is 17.2 Å². The third-order valence-corrected chi connectivity index (χ3v) is 3.10. The maximum atomic E-state index is 12.6. The van der Waals surface area contributed by atoms with Gasteiger partial charge in [0.15, 0.2) is 17.3 Å². The molecular formula is C16H15NO4. The predicted octanol–water partition coefficient (Wildman–Crippen LogP) is 2.48. The molecule has 0 radical (unpaired) electrons. The molecule has 0 spiro atoms. The van der Waals surface area contributed by atoms with Gasteiger partial charge >= 0.3 is 0 Å². The highest BCUT2D eigenvalue weighted by Crippen LogP contribution is 2.34. The van der Waals surface area contributed by atoms with Crippen LogP contribution in [0.4, 0.5) is 0 Å². The van der Waals surface area contributed by atoms with Crippen molar-refractivity contribution >= 4 is 5.78 Å². The zero-order valence-electron chi connectivity index (χ0n) is 11.7. The zero-order valence-corrected chi connectivity index (χ0v) is 11.7. The van der Waals surface area contributed by atoms with Crippen LogP contribution in [0.1, 0.15) is 22.8 Å². The number of carbonyl (C=O) groups is 1. The molecular weight excluding hydrogens is 270 g/mol. The van der Waals surface area contributed by atoms with E-state index in [9.17, 15) is 4.79 Å². The summed E-state index contributed by atoms with van der Waals surface area (Å²) in [6.07, 6.45) is 3.11. The molecule has 0 amide bonds. The fraction of sp³-hybridized carbons (Fsp3) is 0.250. The Balaban J connectivity index is 1.97. The fourth-order valence-electron chi connectivity index (χ4n) is 2.20. The summed E-state index contributed by atoms with van der Waals surface area (Å²) < 4.78 is 16.4. The Labute approximate surface area is 122 Å². The molecule has 0 saturated heterocycles. The number of nitrogens with zero attached hydrogens (tertiary/aromatic N) is 1. The van der Waals surface area contributed by atoms with Gasteiger partial charge < -0.3 is 14.2 Å². The van der Waals surface area contributed by atoms with E-state index in [1.807, 2.05) is 6.92 Å². The number of ether oxygens (including phenoxy) is 3. The Kier molecular flexibility index (Phi) is 3.73. The molecule has 0 unspecified atom stereocenters. The second kappa shape index (κ2) is 5.83. The molecule has 0 N–H and O–H groups in total. The lowest BCUT2D eigenvalue weighted by Gasteiger charge is -2.20. The number of carbonyl (C=O) groups excluding carboxylic acids is 1. The van der Waals surface area contributed by atoms with Crippen LogP contribution in [0.25, 0.3) is 0 Å². The average molecular weight is 285 g/mol. The van der Waals surface area contributed by atoms with Gasteiger partial charge in [0, 0.05) is 11.8 Å². The minimum Gasteiger partial charge on any atom is -0.492 e. The predicted molar refractivity (Wildman–Crippen MR) is 76.3 cm³/mol. The van der Waals surface area contributed by atoms with Gasteiger partial charge in [-0.2, -0.15) is 0 Å². The van der Waals surface area contributed by atoms with Crippen LogP contribution < -0.4 is 14.2 Å². The highest BCUT2D eigenvalue weighted by atomic mass is 16.6. The molecule has 21 heavy (non-hydrogen) atoms. The summed E-state index contributed by atoms with van der Waals surface area (Å²) in [4.78, 5) is 16.7. The summed E-state index contributed by atoms with van der Waals surface area (Å²) in [5.41, 5.74) is 0.936. The summed E-state index contributed by atoms with van der Waals surface area (Å²) in [5, 5.41) is 0. The Morgan fingerprint density at radius 3 is 3.00 bits per heavy atom. The van der Waals surface area contributed by atoms with E-state index in [2.05, 4.69) is 4.98 Å². The number of rotatable bonds is 4. The first-order valence-corrected chi connectivity index (χ1v) is 6.80. The molecule has 5 nitrogen and oxygen atoms in total. The van der Waals surface area contributed by atoms with Crippen LogP contribution in [-0.2, 0) is 0 Å². The van der Waals surface area contributed by atoms with E-state index in [0.29, 0.717) is 48.2 Å². The number of aromatic nitrogens is 1. The minimum atomic E-state index is -0.161. The van der Waals surface area contributed by atoms with Gasteiger partial charge in [0.2, 0.25) is 0 Å². The third-order valence-electron chi connectivity index (χ3n) is 3.10. The SMILES string of the molecule is CCOc1cncc(C(=O)c2cccc3c2OCCO3)c1. The first kappa shape index (κ1) is 13.4. The standard InChI is InChI=1S/C16H15NO4/c1-2-19-12-8-11(9-17-10-12)15(18)13-4-3-5-14-16(13)21-7-6-20-14/h3-5,8-10H,2,6-7H2,1H3. The van der Waals surface area contributed by atoms with Crippen LogP contribution >= 0.6 is 0 Å². The number of benzene rings is 1. The van der Waals surface area contributed by atoms with Gasteiger partial charge in [-0.1, -0.05) is 6.07 Å². The highest BCUT2D eigenvalue weighted by Gasteiger charge is 2.21. The Morgan fingerprint density at radius 2 is 2.14 bits per heavy atom. The van der Waals surface area contributed by atoms with Gasteiger partial charge in [-0.15, -0.1) is 0 Å². The van der Waals surface area contributed by atoms with E-state index >= 15 is 0 Å². The van der Waals surface area contributed by atoms with Crippen molar-refractivity contribution in [1.29, 1.82) is 0 Å². The van der Waals surface area contributed by atoms with Crippen molar-refractivity contribution in [2.45, 2.75) is 6.92 Å². The zero-order chi connectivity index (χ0) is 14.7. The van der Waals surface area contributed by atoms with Crippen molar-refractivity contribution in [3.05, 3.63) is 47.8 Å². The number of fused-ring (bicyclic) bond motifs is 1.